The van der Waals surface area contributed by atoms with Crippen LogP contribution in [0.25, 0.3) is 11.1 Å². The molecule has 0 heterocycles. The Morgan fingerprint density at radius 3 is 2.16 bits per heavy atom. The van der Waals surface area contributed by atoms with Gasteiger partial charge in [-0.2, -0.15) is 22.9 Å². The number of hydrogen-bond acceptors (Lipinski definition) is 0. The predicted molar refractivity (Wildman–Crippen MR) is 121 cm³/mol. The van der Waals surface area contributed by atoms with E-state index in [1.54, 1.807) is 0 Å². The number of unbranched alkanes of at least 4 members (excludes halogenated alkanes) is 1. The summed E-state index contributed by atoms with van der Waals surface area (Å²) in [7, 11) is -0.507. The van der Waals surface area contributed by atoms with Gasteiger partial charge in [0.25, 0.3) is 0 Å². The molecule has 0 aliphatic heterocycles. The Labute approximate surface area is 223 Å². The number of hydrogen-bond donors (Lipinski definition) is 0. The van der Waals surface area contributed by atoms with E-state index in [4.69, 9.17) is 0 Å². The van der Waals surface area contributed by atoms with Crippen molar-refractivity contribution in [1.82, 2.24) is 0 Å². The molecule has 0 nitrogen and oxygen atoms in total. The second-order valence-electron chi connectivity index (χ2n) is 8.21. The van der Waals surface area contributed by atoms with E-state index < -0.39 is 9.52 Å². The average Bonchev–Trinajstić information content (AvgIpc) is 2.92. The van der Waals surface area contributed by atoms with Crippen LogP contribution in [0.15, 0.2) is 48.5 Å². The first-order valence-electron chi connectivity index (χ1n) is 10.3. The van der Waals surface area contributed by atoms with Crippen LogP contribution in [0.4, 0.5) is 0 Å². The van der Waals surface area contributed by atoms with E-state index in [0.29, 0.717) is 5.92 Å². The number of halogens is 3. The van der Waals surface area contributed by atoms with Crippen LogP contribution in [0, 0.1) is 26.8 Å². The van der Waals surface area contributed by atoms with E-state index in [2.05, 4.69) is 82.3 Å². The van der Waals surface area contributed by atoms with Crippen LogP contribution in [0.3, 0.4) is 0 Å². The quantitative estimate of drug-likeness (QED) is 0.235. The first-order valence-corrected chi connectivity index (χ1v) is 11.7. The van der Waals surface area contributed by atoms with Gasteiger partial charge in [-0.25, -0.2) is 0 Å². The van der Waals surface area contributed by atoms with Crippen LogP contribution in [0.5, 0.6) is 0 Å². The summed E-state index contributed by atoms with van der Waals surface area (Å²) >= 11 is 0. The first kappa shape index (κ1) is 30.5. The maximum atomic E-state index is 3.95. The minimum absolute atomic E-state index is 0. The Balaban J connectivity index is 0.00000225. The van der Waals surface area contributed by atoms with Crippen molar-refractivity contribution in [1.29, 1.82) is 0 Å². The summed E-state index contributed by atoms with van der Waals surface area (Å²) in [6.07, 6.45) is 3.78. The number of benzene rings is 3. The molecule has 1 atom stereocenters. The minimum atomic E-state index is -0.507. The fourth-order valence-corrected chi connectivity index (χ4v) is 6.59. The summed E-state index contributed by atoms with van der Waals surface area (Å²) in [6, 6.07) is 22.4. The maximum Gasteiger partial charge on any atom is 4.00 e. The number of aryl methyl sites for hydroxylation is 3. The Bertz CT molecular complexity index is 984. The van der Waals surface area contributed by atoms with Crippen molar-refractivity contribution in [2.45, 2.75) is 52.9 Å². The zero-order valence-corrected chi connectivity index (χ0v) is 23.9. The summed E-state index contributed by atoms with van der Waals surface area (Å²) in [5.41, 5.74) is 10.0. The van der Waals surface area contributed by atoms with Gasteiger partial charge in [0, 0.05) is 0 Å². The molecule has 0 N–H and O–H groups in total. The molecule has 0 saturated carbocycles. The molecule has 162 valence electrons. The molecule has 1 aliphatic rings. The first-order chi connectivity index (χ1) is 13.1. The third-order valence-corrected chi connectivity index (χ3v) is 7.80. The van der Waals surface area contributed by atoms with E-state index in [1.807, 2.05) is 0 Å². The molecule has 0 bridgehead atoms. The van der Waals surface area contributed by atoms with Crippen molar-refractivity contribution >= 4 is 19.9 Å². The van der Waals surface area contributed by atoms with Gasteiger partial charge in [-0.3, -0.25) is 0 Å². The Hall–Kier alpha value is -0.539. The Morgan fingerprint density at radius 2 is 1.52 bits per heavy atom. The summed E-state index contributed by atoms with van der Waals surface area (Å²) in [6.45, 7) is 8.99. The van der Waals surface area contributed by atoms with Crippen molar-refractivity contribution in [3.05, 3.63) is 82.4 Å². The van der Waals surface area contributed by atoms with Gasteiger partial charge in [0.05, 0.1) is 9.52 Å². The molecule has 3 aromatic carbocycles. The SMILES string of the molecule is CCCCC1c2[c-]c([SiH2]c3cc(C)cc(C)c3)c(C)cc2-c2ccccc21.[Cl-].[Cl-].[Cl-].[Ti+4]. The third-order valence-electron chi connectivity index (χ3n) is 5.90. The molecule has 0 spiro atoms. The third kappa shape index (κ3) is 6.50. The van der Waals surface area contributed by atoms with Crippen LogP contribution >= 0.6 is 0 Å². The van der Waals surface area contributed by atoms with Gasteiger partial charge in [0.1, 0.15) is 0 Å². The van der Waals surface area contributed by atoms with Gasteiger partial charge in [-0.05, 0) is 31.7 Å². The van der Waals surface area contributed by atoms with Gasteiger partial charge in [-0.15, -0.1) is 11.1 Å². The van der Waals surface area contributed by atoms with E-state index in [9.17, 15) is 0 Å². The van der Waals surface area contributed by atoms with Crippen molar-refractivity contribution in [2.75, 3.05) is 0 Å². The largest absolute Gasteiger partial charge is 4.00 e. The van der Waals surface area contributed by atoms with E-state index in [0.717, 1.165) is 0 Å². The number of rotatable bonds is 5. The average molecular weight is 524 g/mol. The molecular weight excluding hydrogens is 495 g/mol. The van der Waals surface area contributed by atoms with Gasteiger partial charge in [0.15, 0.2) is 0 Å². The molecule has 4 rings (SSSR count). The second kappa shape index (κ2) is 13.2. The van der Waals surface area contributed by atoms with Gasteiger partial charge in [0.2, 0.25) is 0 Å². The van der Waals surface area contributed by atoms with Crippen LogP contribution < -0.4 is 47.6 Å². The molecule has 5 heteroatoms. The minimum Gasteiger partial charge on any atom is -1.00 e. The van der Waals surface area contributed by atoms with E-state index in [1.165, 1.54) is 68.6 Å². The number of fused-ring (bicyclic) bond motifs is 3. The second-order valence-corrected chi connectivity index (χ2v) is 10.1. The molecule has 0 fully saturated rings. The molecule has 0 aromatic heterocycles. The van der Waals surface area contributed by atoms with Crippen LogP contribution in [0.2, 0.25) is 0 Å². The van der Waals surface area contributed by atoms with Gasteiger partial charge >= 0.3 is 21.7 Å². The molecular formula is C26H29Cl3SiTi. The fourth-order valence-electron chi connectivity index (χ4n) is 4.68. The summed E-state index contributed by atoms with van der Waals surface area (Å²) < 4.78 is 0. The molecule has 0 radical (unpaired) electrons. The molecule has 1 aliphatic carbocycles. The van der Waals surface area contributed by atoms with Gasteiger partial charge in [-0.1, -0.05) is 91.0 Å². The van der Waals surface area contributed by atoms with Crippen molar-refractivity contribution in [3.8, 4) is 11.1 Å². The predicted octanol–water partition coefficient (Wildman–Crippen LogP) is -4.16. The summed E-state index contributed by atoms with van der Waals surface area (Å²) in [5.74, 6) is 0.531. The summed E-state index contributed by atoms with van der Waals surface area (Å²) in [4.78, 5) is 0. The zero-order chi connectivity index (χ0) is 19.0. The Kier molecular flexibility index (Phi) is 13.0. The maximum absolute atomic E-state index is 3.95. The summed E-state index contributed by atoms with van der Waals surface area (Å²) in [5, 5.41) is 3.03. The smallest absolute Gasteiger partial charge is 1.00 e. The molecule has 3 aromatic rings. The molecule has 0 amide bonds. The van der Waals surface area contributed by atoms with Crippen LogP contribution in [-0.4, -0.2) is 9.52 Å². The van der Waals surface area contributed by atoms with Gasteiger partial charge < -0.3 is 37.2 Å². The molecule has 0 saturated heterocycles. The van der Waals surface area contributed by atoms with Crippen molar-refractivity contribution < 1.29 is 58.9 Å². The monoisotopic (exact) mass is 522 g/mol. The standard InChI is InChI=1S/C26H29Si.3ClH.Ti/c1-5-6-9-22-21-10-7-8-11-23(21)24-15-19(4)26(16-25(22)24)27-20-13-17(2)12-18(3)14-20;;;;/h7-8,10-15,22H,5-6,9,27H2,1-4H3;3*1H;/q-1;;;;+4/p-3. The zero-order valence-electron chi connectivity index (χ0n) is 18.7. The van der Waals surface area contributed by atoms with Crippen molar-refractivity contribution in [2.24, 2.45) is 0 Å². The van der Waals surface area contributed by atoms with Crippen LogP contribution in [0.1, 0.15) is 59.9 Å². The van der Waals surface area contributed by atoms with E-state index >= 15 is 0 Å². The molecule has 31 heavy (non-hydrogen) atoms. The fraction of sp³-hybridized carbons (Fsp3) is 0.308. The van der Waals surface area contributed by atoms with Crippen LogP contribution in [-0.2, 0) is 21.7 Å². The van der Waals surface area contributed by atoms with E-state index in [-0.39, 0.29) is 58.9 Å². The van der Waals surface area contributed by atoms with Crippen molar-refractivity contribution in [3.63, 3.8) is 0 Å². The Morgan fingerprint density at radius 1 is 0.871 bits per heavy atom. The topological polar surface area (TPSA) is 0 Å². The normalized spacial score (nSPS) is 13.4. The molecule has 1 unspecified atom stereocenters.